The van der Waals surface area contributed by atoms with Crippen LogP contribution in [0.5, 0.6) is 0 Å². The second-order valence-electron chi connectivity index (χ2n) is 4.21. The van der Waals surface area contributed by atoms with Crippen molar-refractivity contribution in [2.24, 2.45) is 5.73 Å². The first-order valence-corrected chi connectivity index (χ1v) is 7.45. The van der Waals surface area contributed by atoms with Crippen LogP contribution in [0.4, 0.5) is 0 Å². The summed E-state index contributed by atoms with van der Waals surface area (Å²) in [7, 11) is -3.70. The molecule has 0 aliphatic heterocycles. The van der Waals surface area contributed by atoms with Crippen LogP contribution in [0, 0.1) is 13.8 Å². The third-order valence-corrected chi connectivity index (χ3v) is 4.14. The minimum absolute atomic E-state index is 0.0678. The summed E-state index contributed by atoms with van der Waals surface area (Å²) in [4.78, 5) is 3.99. The van der Waals surface area contributed by atoms with Gasteiger partial charge in [0.1, 0.15) is 0 Å². The molecule has 0 radical (unpaired) electrons. The van der Waals surface area contributed by atoms with E-state index < -0.39 is 10.0 Å². The van der Waals surface area contributed by atoms with Crippen LogP contribution in [-0.4, -0.2) is 35.3 Å². The van der Waals surface area contributed by atoms with Crippen molar-refractivity contribution in [1.29, 1.82) is 0 Å². The molecule has 0 bridgehead atoms. The van der Waals surface area contributed by atoms with Gasteiger partial charge in [0.05, 0.1) is 0 Å². The Morgan fingerprint density at radius 3 is 2.75 bits per heavy atom. The van der Waals surface area contributed by atoms with Crippen LogP contribution in [0.2, 0.25) is 0 Å². The van der Waals surface area contributed by atoms with Crippen LogP contribution in [0.15, 0.2) is 9.55 Å². The van der Waals surface area contributed by atoms with Crippen LogP contribution in [0.25, 0.3) is 0 Å². The number of nitrogens with two attached hydrogens (primary N) is 1. The van der Waals surface area contributed by atoms with Crippen molar-refractivity contribution in [1.82, 2.24) is 25.1 Å². The van der Waals surface area contributed by atoms with Crippen LogP contribution in [0.1, 0.15) is 23.0 Å². The number of nitrogens with one attached hydrogen (secondary N) is 2. The molecule has 0 aliphatic rings. The standard InChI is InChI=1S/C10H16N6O3S/c1-6-8(5-11)10(15-14-6)20(17,18)12-4-3-9-13-7(2)19-16-9/h12H,3-5,11H2,1-2H3,(H,14,15). The van der Waals surface area contributed by atoms with Gasteiger partial charge in [-0.2, -0.15) is 10.1 Å². The van der Waals surface area contributed by atoms with E-state index in [1.807, 2.05) is 0 Å². The highest BCUT2D eigenvalue weighted by molar-refractivity contribution is 7.89. The number of H-pyrrole nitrogens is 1. The fourth-order valence-electron chi connectivity index (χ4n) is 1.70. The van der Waals surface area contributed by atoms with Gasteiger partial charge in [-0.1, -0.05) is 5.16 Å². The van der Waals surface area contributed by atoms with Crippen molar-refractivity contribution >= 4 is 10.0 Å². The van der Waals surface area contributed by atoms with Crippen molar-refractivity contribution in [3.05, 3.63) is 23.0 Å². The Labute approximate surface area is 116 Å². The van der Waals surface area contributed by atoms with Crippen molar-refractivity contribution in [2.75, 3.05) is 6.54 Å². The highest BCUT2D eigenvalue weighted by Gasteiger charge is 2.22. The summed E-state index contributed by atoms with van der Waals surface area (Å²) < 4.78 is 31.4. The van der Waals surface area contributed by atoms with E-state index in [9.17, 15) is 8.42 Å². The second-order valence-corrected chi connectivity index (χ2v) is 5.90. The molecule has 2 rings (SSSR count). The highest BCUT2D eigenvalue weighted by Crippen LogP contribution is 2.14. The molecule has 110 valence electrons. The maximum Gasteiger partial charge on any atom is 0.260 e. The number of hydrogen-bond donors (Lipinski definition) is 3. The molecule has 0 aliphatic carbocycles. The molecule has 0 unspecified atom stereocenters. The van der Waals surface area contributed by atoms with E-state index >= 15 is 0 Å². The summed E-state index contributed by atoms with van der Waals surface area (Å²) in [5.74, 6) is 0.888. The SMILES string of the molecule is Cc1nc(CCNS(=O)(=O)c2n[nH]c(C)c2CN)no1. The van der Waals surface area contributed by atoms with E-state index in [0.29, 0.717) is 29.4 Å². The number of aryl methyl sites for hydroxylation is 2. The lowest BCUT2D eigenvalue weighted by Gasteiger charge is -2.04. The minimum Gasteiger partial charge on any atom is -0.340 e. The summed E-state index contributed by atoms with van der Waals surface area (Å²) in [5.41, 5.74) is 6.65. The average molecular weight is 300 g/mol. The quantitative estimate of drug-likeness (QED) is 0.646. The van der Waals surface area contributed by atoms with Gasteiger partial charge in [0.25, 0.3) is 10.0 Å². The molecule has 0 atom stereocenters. The Bertz CT molecular complexity index is 690. The normalized spacial score (nSPS) is 11.9. The first kappa shape index (κ1) is 14.6. The molecule has 9 nitrogen and oxygen atoms in total. The largest absolute Gasteiger partial charge is 0.340 e. The van der Waals surface area contributed by atoms with Gasteiger partial charge >= 0.3 is 0 Å². The Hall–Kier alpha value is -1.78. The zero-order chi connectivity index (χ0) is 14.8. The number of rotatable bonds is 6. The maximum atomic E-state index is 12.1. The molecular weight excluding hydrogens is 284 g/mol. The average Bonchev–Trinajstić information content (AvgIpc) is 2.95. The maximum absolute atomic E-state index is 12.1. The number of sulfonamides is 1. The van der Waals surface area contributed by atoms with Crippen molar-refractivity contribution < 1.29 is 12.9 Å². The van der Waals surface area contributed by atoms with Crippen LogP contribution < -0.4 is 10.5 Å². The zero-order valence-corrected chi connectivity index (χ0v) is 12.0. The van der Waals surface area contributed by atoms with Gasteiger partial charge in [-0.05, 0) is 6.92 Å². The smallest absolute Gasteiger partial charge is 0.260 e. The first-order chi connectivity index (χ1) is 9.44. The Balaban J connectivity index is 2.04. The lowest BCUT2D eigenvalue weighted by atomic mass is 10.3. The molecule has 0 fully saturated rings. The summed E-state index contributed by atoms with van der Waals surface area (Å²) >= 11 is 0. The Morgan fingerprint density at radius 2 is 2.15 bits per heavy atom. The van der Waals surface area contributed by atoms with Crippen molar-refractivity contribution in [2.45, 2.75) is 31.8 Å². The van der Waals surface area contributed by atoms with Crippen molar-refractivity contribution in [3.63, 3.8) is 0 Å². The Kier molecular flexibility index (Phi) is 4.16. The number of nitrogens with zero attached hydrogens (tertiary/aromatic N) is 3. The van der Waals surface area contributed by atoms with Crippen LogP contribution >= 0.6 is 0 Å². The third-order valence-electron chi connectivity index (χ3n) is 2.70. The molecule has 0 aromatic carbocycles. The summed E-state index contributed by atoms with van der Waals surface area (Å²) in [5, 5.41) is 10.0. The topological polar surface area (TPSA) is 140 Å². The van der Waals surface area contributed by atoms with Gasteiger partial charge in [-0.3, -0.25) is 5.10 Å². The summed E-state index contributed by atoms with van der Waals surface area (Å²) in [6, 6.07) is 0. The number of hydrogen-bond acceptors (Lipinski definition) is 7. The zero-order valence-electron chi connectivity index (χ0n) is 11.2. The molecule has 2 heterocycles. The molecule has 0 saturated heterocycles. The van der Waals surface area contributed by atoms with Gasteiger partial charge in [-0.15, -0.1) is 0 Å². The third kappa shape index (κ3) is 3.03. The lowest BCUT2D eigenvalue weighted by Crippen LogP contribution is -2.27. The van der Waals surface area contributed by atoms with Crippen LogP contribution in [0.3, 0.4) is 0 Å². The molecule has 0 saturated carbocycles. The molecule has 2 aromatic rings. The highest BCUT2D eigenvalue weighted by atomic mass is 32.2. The van der Waals surface area contributed by atoms with Gasteiger partial charge in [0.15, 0.2) is 10.9 Å². The number of aromatic amines is 1. The number of aromatic nitrogens is 4. The van der Waals surface area contributed by atoms with Crippen LogP contribution in [-0.2, 0) is 23.0 Å². The van der Waals surface area contributed by atoms with Crippen molar-refractivity contribution in [3.8, 4) is 0 Å². The molecule has 4 N–H and O–H groups in total. The van der Waals surface area contributed by atoms with E-state index in [4.69, 9.17) is 10.3 Å². The second kappa shape index (κ2) is 5.69. The lowest BCUT2D eigenvalue weighted by molar-refractivity contribution is 0.387. The molecule has 20 heavy (non-hydrogen) atoms. The van der Waals surface area contributed by atoms with Gasteiger partial charge in [0.2, 0.25) is 5.89 Å². The fraction of sp³-hybridized carbons (Fsp3) is 0.500. The monoisotopic (exact) mass is 300 g/mol. The molecular formula is C10H16N6O3S. The van der Waals surface area contributed by atoms with E-state index in [1.54, 1.807) is 13.8 Å². The molecule has 10 heteroatoms. The van der Waals surface area contributed by atoms with E-state index in [2.05, 4.69) is 25.1 Å². The predicted octanol–water partition coefficient (Wildman–Crippen LogP) is -0.611. The minimum atomic E-state index is -3.70. The molecule has 0 spiro atoms. The van der Waals surface area contributed by atoms with Gasteiger partial charge in [-0.25, -0.2) is 13.1 Å². The van der Waals surface area contributed by atoms with E-state index in [-0.39, 0.29) is 18.1 Å². The predicted molar refractivity (Wildman–Crippen MR) is 69.1 cm³/mol. The molecule has 2 aromatic heterocycles. The summed E-state index contributed by atoms with van der Waals surface area (Å²) in [6.45, 7) is 3.64. The van der Waals surface area contributed by atoms with E-state index in [0.717, 1.165) is 0 Å². The summed E-state index contributed by atoms with van der Waals surface area (Å²) in [6.07, 6.45) is 0.331. The van der Waals surface area contributed by atoms with Gasteiger partial charge in [0, 0.05) is 37.7 Å². The van der Waals surface area contributed by atoms with E-state index in [1.165, 1.54) is 0 Å². The Morgan fingerprint density at radius 1 is 1.40 bits per heavy atom. The first-order valence-electron chi connectivity index (χ1n) is 5.97. The fourth-order valence-corrected chi connectivity index (χ4v) is 2.94. The molecule has 0 amide bonds. The van der Waals surface area contributed by atoms with Gasteiger partial charge < -0.3 is 10.3 Å².